The molecule has 2 rings (SSSR count). The molecule has 1 saturated carbocycles. The summed E-state index contributed by atoms with van der Waals surface area (Å²) in [7, 11) is 1.41. The van der Waals surface area contributed by atoms with Gasteiger partial charge in [-0.3, -0.25) is 14.4 Å². The van der Waals surface area contributed by atoms with Crippen LogP contribution in [0.15, 0.2) is 0 Å². The molecule has 0 aromatic carbocycles. The third-order valence-electron chi connectivity index (χ3n) is 3.76. The van der Waals surface area contributed by atoms with E-state index in [4.69, 9.17) is 9.84 Å². The average Bonchev–Trinajstić information content (AvgIpc) is 3.16. The van der Waals surface area contributed by atoms with Crippen LogP contribution in [0.1, 0.15) is 25.7 Å². The first-order chi connectivity index (χ1) is 9.51. The third kappa shape index (κ3) is 3.69. The Balaban J connectivity index is 1.77. The highest BCUT2D eigenvalue weighted by molar-refractivity contribution is 5.89. The van der Waals surface area contributed by atoms with E-state index in [-0.39, 0.29) is 37.1 Å². The molecule has 20 heavy (non-hydrogen) atoms. The van der Waals surface area contributed by atoms with Gasteiger partial charge in [-0.25, -0.2) is 0 Å². The van der Waals surface area contributed by atoms with Crippen molar-refractivity contribution in [3.8, 4) is 0 Å². The Hall–Kier alpha value is -1.63. The van der Waals surface area contributed by atoms with Gasteiger partial charge in [-0.05, 0) is 12.8 Å². The second kappa shape index (κ2) is 6.21. The number of rotatable bonds is 7. The van der Waals surface area contributed by atoms with Crippen LogP contribution in [0.4, 0.5) is 0 Å². The highest BCUT2D eigenvalue weighted by atomic mass is 16.5. The molecule has 0 spiro atoms. The first-order valence-electron chi connectivity index (χ1n) is 6.83. The topological polar surface area (TPSA) is 95.9 Å². The molecule has 7 nitrogen and oxygen atoms in total. The van der Waals surface area contributed by atoms with Gasteiger partial charge in [-0.1, -0.05) is 0 Å². The number of hydrogen-bond donors (Lipinski definition) is 2. The molecule has 1 aliphatic heterocycles. The lowest BCUT2D eigenvalue weighted by Crippen LogP contribution is -2.39. The Morgan fingerprint density at radius 3 is 2.75 bits per heavy atom. The molecular weight excluding hydrogens is 264 g/mol. The van der Waals surface area contributed by atoms with E-state index in [0.717, 1.165) is 12.8 Å². The maximum Gasteiger partial charge on any atom is 0.306 e. The second-order valence-corrected chi connectivity index (χ2v) is 5.38. The highest BCUT2D eigenvalue weighted by Gasteiger charge is 2.41. The number of nitrogens with zero attached hydrogens (tertiary/aromatic N) is 1. The number of amides is 2. The smallest absolute Gasteiger partial charge is 0.306 e. The number of nitrogens with one attached hydrogen (secondary N) is 1. The highest BCUT2D eigenvalue weighted by Crippen LogP contribution is 2.32. The lowest BCUT2D eigenvalue weighted by molar-refractivity contribution is -0.140. The van der Waals surface area contributed by atoms with Crippen LogP contribution in [-0.2, 0) is 19.1 Å². The maximum atomic E-state index is 12.0. The van der Waals surface area contributed by atoms with Gasteiger partial charge in [0.25, 0.3) is 0 Å². The van der Waals surface area contributed by atoms with Gasteiger partial charge < -0.3 is 20.1 Å². The first kappa shape index (κ1) is 14.8. The molecular formula is C13H20N2O5. The Labute approximate surface area is 117 Å². The molecule has 2 unspecified atom stereocenters. The Morgan fingerprint density at radius 1 is 1.50 bits per heavy atom. The maximum absolute atomic E-state index is 12.0. The summed E-state index contributed by atoms with van der Waals surface area (Å²) < 4.78 is 4.99. The van der Waals surface area contributed by atoms with Crippen LogP contribution < -0.4 is 5.32 Å². The van der Waals surface area contributed by atoms with Gasteiger partial charge in [-0.2, -0.15) is 0 Å². The standard InChI is InChI=1S/C13H20N2O5/c1-20-10(5-12(17)18)6-14-13(19)8-4-11(16)15(7-8)9-2-3-9/h8-10H,2-7H2,1H3,(H,14,19)(H,17,18). The number of ether oxygens (including phenoxy) is 1. The zero-order valence-electron chi connectivity index (χ0n) is 11.5. The fourth-order valence-electron chi connectivity index (χ4n) is 2.44. The fourth-order valence-corrected chi connectivity index (χ4v) is 2.44. The second-order valence-electron chi connectivity index (χ2n) is 5.38. The van der Waals surface area contributed by atoms with Crippen LogP contribution in [0.25, 0.3) is 0 Å². The summed E-state index contributed by atoms with van der Waals surface area (Å²) >= 11 is 0. The Morgan fingerprint density at radius 2 is 2.20 bits per heavy atom. The number of carboxylic acids is 1. The average molecular weight is 284 g/mol. The molecule has 0 aromatic rings. The van der Waals surface area contributed by atoms with Crippen LogP contribution >= 0.6 is 0 Å². The van der Waals surface area contributed by atoms with Crippen LogP contribution in [0.5, 0.6) is 0 Å². The summed E-state index contributed by atoms with van der Waals surface area (Å²) in [5.41, 5.74) is 0. The molecule has 2 fully saturated rings. The van der Waals surface area contributed by atoms with Crippen LogP contribution in [0.3, 0.4) is 0 Å². The van der Waals surface area contributed by atoms with Crippen molar-refractivity contribution in [2.45, 2.75) is 37.8 Å². The summed E-state index contributed by atoms with van der Waals surface area (Å²) in [5, 5.41) is 11.4. The molecule has 1 aliphatic carbocycles. The summed E-state index contributed by atoms with van der Waals surface area (Å²) in [6.07, 6.45) is 1.61. The van der Waals surface area contributed by atoms with Crippen molar-refractivity contribution in [1.29, 1.82) is 0 Å². The van der Waals surface area contributed by atoms with Crippen molar-refractivity contribution in [2.24, 2.45) is 5.92 Å². The molecule has 0 radical (unpaired) electrons. The zero-order chi connectivity index (χ0) is 14.7. The molecule has 0 aromatic heterocycles. The number of aliphatic carboxylic acids is 1. The molecule has 1 heterocycles. The quantitative estimate of drug-likeness (QED) is 0.663. The number of methoxy groups -OCH3 is 1. The molecule has 2 atom stereocenters. The molecule has 1 saturated heterocycles. The van der Waals surface area contributed by atoms with Gasteiger partial charge in [0.2, 0.25) is 11.8 Å². The van der Waals surface area contributed by atoms with Crippen molar-refractivity contribution in [2.75, 3.05) is 20.2 Å². The Kier molecular flexibility index (Phi) is 4.59. The van der Waals surface area contributed by atoms with E-state index in [1.807, 2.05) is 0 Å². The molecule has 0 bridgehead atoms. The minimum Gasteiger partial charge on any atom is -0.481 e. The van der Waals surface area contributed by atoms with Gasteiger partial charge >= 0.3 is 5.97 Å². The Bertz CT molecular complexity index is 408. The van der Waals surface area contributed by atoms with Crippen molar-refractivity contribution in [1.82, 2.24) is 10.2 Å². The van der Waals surface area contributed by atoms with Gasteiger partial charge in [0.15, 0.2) is 0 Å². The van der Waals surface area contributed by atoms with Gasteiger partial charge in [0.05, 0.1) is 18.4 Å². The van der Waals surface area contributed by atoms with E-state index >= 15 is 0 Å². The molecule has 112 valence electrons. The molecule has 2 aliphatic rings. The zero-order valence-corrected chi connectivity index (χ0v) is 11.5. The third-order valence-corrected chi connectivity index (χ3v) is 3.76. The molecule has 2 amide bonds. The number of carboxylic acid groups (broad SMARTS) is 1. The van der Waals surface area contributed by atoms with Crippen LogP contribution in [0.2, 0.25) is 0 Å². The summed E-state index contributed by atoms with van der Waals surface area (Å²) in [6, 6.07) is 0.332. The predicted octanol–water partition coefficient (Wildman–Crippen LogP) is -0.397. The van der Waals surface area contributed by atoms with Crippen molar-refractivity contribution < 1.29 is 24.2 Å². The SMILES string of the molecule is COC(CNC(=O)C1CC(=O)N(C2CC2)C1)CC(=O)O. The van der Waals surface area contributed by atoms with E-state index in [1.54, 1.807) is 4.90 Å². The fraction of sp³-hybridized carbons (Fsp3) is 0.769. The number of hydrogen-bond acceptors (Lipinski definition) is 4. The summed E-state index contributed by atoms with van der Waals surface area (Å²) in [6.45, 7) is 0.627. The first-order valence-corrected chi connectivity index (χ1v) is 6.83. The van der Waals surface area contributed by atoms with Crippen LogP contribution in [0, 0.1) is 5.92 Å². The van der Waals surface area contributed by atoms with E-state index in [2.05, 4.69) is 5.32 Å². The van der Waals surface area contributed by atoms with Gasteiger partial charge in [0.1, 0.15) is 0 Å². The monoisotopic (exact) mass is 284 g/mol. The largest absolute Gasteiger partial charge is 0.481 e. The van der Waals surface area contributed by atoms with E-state index < -0.39 is 12.1 Å². The van der Waals surface area contributed by atoms with Crippen molar-refractivity contribution in [3.63, 3.8) is 0 Å². The van der Waals surface area contributed by atoms with Crippen molar-refractivity contribution >= 4 is 17.8 Å². The van der Waals surface area contributed by atoms with E-state index in [9.17, 15) is 14.4 Å². The summed E-state index contributed by atoms with van der Waals surface area (Å²) in [4.78, 5) is 36.1. The van der Waals surface area contributed by atoms with E-state index in [1.165, 1.54) is 7.11 Å². The normalized spacial score (nSPS) is 23.8. The van der Waals surface area contributed by atoms with Gasteiger partial charge in [-0.15, -0.1) is 0 Å². The molecule has 7 heteroatoms. The minimum atomic E-state index is -0.970. The number of carbonyl (C=O) groups is 3. The molecule has 2 N–H and O–H groups in total. The number of likely N-dealkylation sites (tertiary alicyclic amines) is 1. The summed E-state index contributed by atoms with van der Waals surface area (Å²) in [5.74, 6) is -1.46. The lowest BCUT2D eigenvalue weighted by Gasteiger charge is -2.17. The van der Waals surface area contributed by atoms with Crippen LogP contribution in [-0.4, -0.2) is 60.1 Å². The lowest BCUT2D eigenvalue weighted by atomic mass is 10.1. The van der Waals surface area contributed by atoms with E-state index in [0.29, 0.717) is 12.6 Å². The van der Waals surface area contributed by atoms with Crippen molar-refractivity contribution in [3.05, 3.63) is 0 Å². The number of carbonyl (C=O) groups excluding carboxylic acids is 2. The predicted molar refractivity (Wildman–Crippen MR) is 68.9 cm³/mol. The minimum absolute atomic E-state index is 0.0430. The van der Waals surface area contributed by atoms with Gasteiger partial charge in [0, 0.05) is 32.7 Å².